The average molecular weight is 366 g/mol. The summed E-state index contributed by atoms with van der Waals surface area (Å²) < 4.78 is 5.49. The Morgan fingerprint density at radius 3 is 2.52 bits per heavy atom. The molecule has 27 heavy (non-hydrogen) atoms. The van der Waals surface area contributed by atoms with Gasteiger partial charge in [-0.15, -0.1) is 0 Å². The summed E-state index contributed by atoms with van der Waals surface area (Å²) >= 11 is 0. The third-order valence-electron chi connectivity index (χ3n) is 4.47. The number of hydrogen-bond donors (Lipinski definition) is 2. The highest BCUT2D eigenvalue weighted by Crippen LogP contribution is 2.25. The van der Waals surface area contributed by atoms with Crippen molar-refractivity contribution in [2.75, 3.05) is 6.54 Å². The maximum atomic E-state index is 12.6. The molecule has 0 aliphatic heterocycles. The Morgan fingerprint density at radius 1 is 1.04 bits per heavy atom. The van der Waals surface area contributed by atoms with Crippen LogP contribution in [0.2, 0.25) is 0 Å². The molecule has 0 heterocycles. The first-order valence-corrected chi connectivity index (χ1v) is 9.05. The van der Waals surface area contributed by atoms with Crippen LogP contribution in [0.1, 0.15) is 46.5 Å². The van der Waals surface area contributed by atoms with Gasteiger partial charge in [-0.1, -0.05) is 36.4 Å². The first-order chi connectivity index (χ1) is 13.1. The van der Waals surface area contributed by atoms with Crippen LogP contribution in [0.25, 0.3) is 0 Å². The van der Waals surface area contributed by atoms with E-state index in [1.54, 1.807) is 43.3 Å². The highest BCUT2D eigenvalue weighted by molar-refractivity contribution is 5.99. The number of amides is 3. The minimum Gasteiger partial charge on any atom is -0.444 e. The van der Waals surface area contributed by atoms with E-state index >= 15 is 0 Å². The third kappa shape index (κ3) is 4.53. The van der Waals surface area contributed by atoms with Gasteiger partial charge < -0.3 is 10.1 Å². The Kier molecular flexibility index (Phi) is 5.86. The van der Waals surface area contributed by atoms with Crippen LogP contribution < -0.4 is 10.6 Å². The maximum Gasteiger partial charge on any atom is 0.339 e. The zero-order chi connectivity index (χ0) is 19.2. The first kappa shape index (κ1) is 18.6. The van der Waals surface area contributed by atoms with Crippen molar-refractivity contribution in [2.24, 2.45) is 0 Å². The van der Waals surface area contributed by atoms with E-state index in [0.29, 0.717) is 17.7 Å². The van der Waals surface area contributed by atoms with Gasteiger partial charge in [0.1, 0.15) is 0 Å². The molecule has 140 valence electrons. The quantitative estimate of drug-likeness (QED) is 0.797. The molecule has 0 bridgehead atoms. The van der Waals surface area contributed by atoms with Gasteiger partial charge in [0, 0.05) is 12.1 Å². The molecular weight excluding hydrogens is 344 g/mol. The molecule has 2 aromatic rings. The molecular formula is C21H22N2O4. The number of rotatable bonds is 5. The van der Waals surface area contributed by atoms with Gasteiger partial charge in [0.05, 0.1) is 5.56 Å². The van der Waals surface area contributed by atoms with Gasteiger partial charge in [-0.3, -0.25) is 10.1 Å². The lowest BCUT2D eigenvalue weighted by atomic mass is 10.1. The molecule has 0 saturated heterocycles. The van der Waals surface area contributed by atoms with Crippen LogP contribution in [0.3, 0.4) is 0 Å². The van der Waals surface area contributed by atoms with Crippen molar-refractivity contribution in [3.63, 3.8) is 0 Å². The molecule has 2 aromatic carbocycles. The molecule has 6 nitrogen and oxygen atoms in total. The average Bonchev–Trinajstić information content (AvgIpc) is 3.14. The summed E-state index contributed by atoms with van der Waals surface area (Å²) in [4.78, 5) is 36.9. The molecule has 0 saturated carbocycles. The minimum atomic E-state index is -1.21. The smallest absolute Gasteiger partial charge is 0.339 e. The van der Waals surface area contributed by atoms with Crippen molar-refractivity contribution in [3.8, 4) is 0 Å². The largest absolute Gasteiger partial charge is 0.444 e. The van der Waals surface area contributed by atoms with Gasteiger partial charge in [-0.2, -0.15) is 0 Å². The molecule has 0 fully saturated rings. The van der Waals surface area contributed by atoms with Crippen molar-refractivity contribution in [3.05, 3.63) is 70.8 Å². The summed E-state index contributed by atoms with van der Waals surface area (Å²) in [5.74, 6) is -1.29. The van der Waals surface area contributed by atoms with E-state index < -0.39 is 24.0 Å². The highest BCUT2D eigenvalue weighted by Gasteiger charge is 2.27. The van der Waals surface area contributed by atoms with E-state index in [0.717, 1.165) is 24.8 Å². The standard InChI is InChI=1S/C21H22N2O4/c1-2-22-21(26)23-19(24)18(15-7-4-3-5-8-15)27-20(25)17-12-11-14-9-6-10-16(14)13-17/h3-5,7-8,11-13,18H,2,6,9-10H2,1H3,(H2,22,23,24,26)/t18-/m1/s1. The molecule has 1 atom stereocenters. The summed E-state index contributed by atoms with van der Waals surface area (Å²) in [7, 11) is 0. The molecule has 1 aliphatic rings. The number of ether oxygens (including phenoxy) is 1. The van der Waals surface area contributed by atoms with E-state index in [1.807, 2.05) is 12.1 Å². The number of urea groups is 1. The second-order valence-corrected chi connectivity index (χ2v) is 6.38. The molecule has 0 radical (unpaired) electrons. The molecule has 2 N–H and O–H groups in total. The number of carbonyl (C=O) groups is 3. The number of carbonyl (C=O) groups excluding carboxylic acids is 3. The molecule has 0 spiro atoms. The van der Waals surface area contributed by atoms with Crippen molar-refractivity contribution in [1.29, 1.82) is 0 Å². The number of nitrogens with one attached hydrogen (secondary N) is 2. The van der Waals surface area contributed by atoms with E-state index in [9.17, 15) is 14.4 Å². The zero-order valence-corrected chi connectivity index (χ0v) is 15.2. The fourth-order valence-corrected chi connectivity index (χ4v) is 3.16. The number of esters is 1. The van der Waals surface area contributed by atoms with Crippen LogP contribution >= 0.6 is 0 Å². The topological polar surface area (TPSA) is 84.5 Å². The van der Waals surface area contributed by atoms with Gasteiger partial charge in [0.2, 0.25) is 6.10 Å². The number of imide groups is 1. The Labute approximate surface area is 157 Å². The van der Waals surface area contributed by atoms with E-state index in [1.165, 1.54) is 5.56 Å². The van der Waals surface area contributed by atoms with Crippen LogP contribution in [0.15, 0.2) is 48.5 Å². The van der Waals surface area contributed by atoms with Crippen LogP contribution in [-0.4, -0.2) is 24.5 Å². The molecule has 3 rings (SSSR count). The van der Waals surface area contributed by atoms with E-state index in [2.05, 4.69) is 10.6 Å². The predicted octanol–water partition coefficient (Wildman–Crippen LogP) is 2.92. The predicted molar refractivity (Wildman–Crippen MR) is 100 cm³/mol. The van der Waals surface area contributed by atoms with Crippen molar-refractivity contribution < 1.29 is 19.1 Å². The Bertz CT molecular complexity index is 849. The second kappa shape index (κ2) is 8.49. The SMILES string of the molecule is CCNC(=O)NC(=O)[C@H](OC(=O)c1ccc2c(c1)CCC2)c1ccccc1. The van der Waals surface area contributed by atoms with Crippen molar-refractivity contribution in [1.82, 2.24) is 10.6 Å². The summed E-state index contributed by atoms with van der Waals surface area (Å²) in [6, 6.07) is 13.5. The molecule has 0 aromatic heterocycles. The number of benzene rings is 2. The van der Waals surface area contributed by atoms with Gasteiger partial charge in [-0.05, 0) is 49.4 Å². The minimum absolute atomic E-state index is 0.379. The molecule has 0 unspecified atom stereocenters. The van der Waals surface area contributed by atoms with Gasteiger partial charge in [0.15, 0.2) is 0 Å². The fourth-order valence-electron chi connectivity index (χ4n) is 3.16. The third-order valence-corrected chi connectivity index (χ3v) is 4.47. The van der Waals surface area contributed by atoms with Gasteiger partial charge >= 0.3 is 12.0 Å². The summed E-state index contributed by atoms with van der Waals surface area (Å²) in [5.41, 5.74) is 3.30. The van der Waals surface area contributed by atoms with Crippen molar-refractivity contribution in [2.45, 2.75) is 32.3 Å². The normalized spacial score (nSPS) is 13.4. The summed E-state index contributed by atoms with van der Waals surface area (Å²) in [5, 5.41) is 4.70. The zero-order valence-electron chi connectivity index (χ0n) is 15.2. The second-order valence-electron chi connectivity index (χ2n) is 6.38. The number of hydrogen-bond acceptors (Lipinski definition) is 4. The Hall–Kier alpha value is -3.15. The number of fused-ring (bicyclic) bond motifs is 1. The van der Waals surface area contributed by atoms with Crippen LogP contribution in [0.4, 0.5) is 4.79 Å². The van der Waals surface area contributed by atoms with Gasteiger partial charge in [0.25, 0.3) is 5.91 Å². The lowest BCUT2D eigenvalue weighted by molar-refractivity contribution is -0.129. The van der Waals surface area contributed by atoms with E-state index in [4.69, 9.17) is 4.74 Å². The summed E-state index contributed by atoms with van der Waals surface area (Å²) in [6.45, 7) is 2.12. The molecule has 6 heteroatoms. The summed E-state index contributed by atoms with van der Waals surface area (Å²) in [6.07, 6.45) is 1.83. The number of aryl methyl sites for hydroxylation is 2. The Morgan fingerprint density at radius 2 is 1.78 bits per heavy atom. The first-order valence-electron chi connectivity index (χ1n) is 9.05. The maximum absolute atomic E-state index is 12.6. The van der Waals surface area contributed by atoms with E-state index in [-0.39, 0.29) is 0 Å². The van der Waals surface area contributed by atoms with Crippen LogP contribution in [0.5, 0.6) is 0 Å². The Balaban J connectivity index is 1.79. The monoisotopic (exact) mass is 366 g/mol. The lowest BCUT2D eigenvalue weighted by Crippen LogP contribution is -2.42. The molecule has 3 amide bonds. The lowest BCUT2D eigenvalue weighted by Gasteiger charge is -2.18. The van der Waals surface area contributed by atoms with Crippen molar-refractivity contribution >= 4 is 17.9 Å². The van der Waals surface area contributed by atoms with Crippen LogP contribution in [-0.2, 0) is 22.4 Å². The van der Waals surface area contributed by atoms with Crippen LogP contribution in [0, 0.1) is 0 Å². The fraction of sp³-hybridized carbons (Fsp3) is 0.286. The van der Waals surface area contributed by atoms with Gasteiger partial charge in [-0.25, -0.2) is 9.59 Å². The molecule has 1 aliphatic carbocycles. The highest BCUT2D eigenvalue weighted by atomic mass is 16.5.